The van der Waals surface area contributed by atoms with Gasteiger partial charge in [-0.3, -0.25) is 14.3 Å². The molecule has 25 heavy (non-hydrogen) atoms. The average Bonchev–Trinajstić information content (AvgIpc) is 3.08. The Morgan fingerprint density at radius 3 is 2.84 bits per heavy atom. The van der Waals surface area contributed by atoms with Crippen molar-refractivity contribution in [1.82, 2.24) is 19.7 Å². The molecular weight excluding hydrogens is 324 g/mol. The maximum Gasteiger partial charge on any atom is 0.254 e. The molecule has 0 aromatic carbocycles. The topological polar surface area (TPSA) is 98.4 Å². The quantitative estimate of drug-likeness (QED) is 0.842. The summed E-state index contributed by atoms with van der Waals surface area (Å²) in [6, 6.07) is 2.39. The highest BCUT2D eigenvalue weighted by atomic mass is 16.5. The van der Waals surface area contributed by atoms with Gasteiger partial charge in [-0.1, -0.05) is 0 Å². The summed E-state index contributed by atoms with van der Waals surface area (Å²) in [4.78, 5) is 24.4. The number of pyridine rings is 1. The maximum atomic E-state index is 12.4. The number of hydrogen-bond acceptors (Lipinski definition) is 5. The van der Waals surface area contributed by atoms with E-state index in [1.165, 1.54) is 10.6 Å². The lowest BCUT2D eigenvalue weighted by Gasteiger charge is -2.20. The van der Waals surface area contributed by atoms with Crippen molar-refractivity contribution in [1.29, 1.82) is 0 Å². The summed E-state index contributed by atoms with van der Waals surface area (Å²) in [6.45, 7) is 4.05. The zero-order valence-corrected chi connectivity index (χ0v) is 14.5. The predicted octanol–water partition coefficient (Wildman–Crippen LogP) is 0.551. The van der Waals surface area contributed by atoms with Crippen molar-refractivity contribution in [3.63, 3.8) is 0 Å². The van der Waals surface area contributed by atoms with Crippen LogP contribution in [-0.4, -0.2) is 38.0 Å². The smallest absolute Gasteiger partial charge is 0.254 e. The van der Waals surface area contributed by atoms with Crippen LogP contribution in [0.25, 0.3) is 0 Å². The van der Waals surface area contributed by atoms with Gasteiger partial charge in [0.25, 0.3) is 5.56 Å². The van der Waals surface area contributed by atoms with Gasteiger partial charge in [0.05, 0.1) is 11.7 Å². The molecule has 134 valence electrons. The van der Waals surface area contributed by atoms with Crippen LogP contribution in [0.3, 0.4) is 0 Å². The minimum atomic E-state index is -0.407. The SMILES string of the molecule is Cc1nn(C)cc1[C@H]1OCC[C@@H]1NC(=O)Cn1c(C)cc(O)cc1=O. The molecule has 0 radical (unpaired) electrons. The molecule has 2 aromatic rings. The Bertz CT molecular complexity index is 855. The van der Waals surface area contributed by atoms with Gasteiger partial charge in [-0.05, 0) is 26.3 Å². The van der Waals surface area contributed by atoms with Gasteiger partial charge in [-0.25, -0.2) is 0 Å². The number of hydrogen-bond donors (Lipinski definition) is 2. The number of aryl methyl sites for hydroxylation is 3. The molecule has 0 aliphatic carbocycles. The Morgan fingerprint density at radius 2 is 2.20 bits per heavy atom. The Labute approximate surface area is 145 Å². The van der Waals surface area contributed by atoms with Crippen molar-refractivity contribution in [2.45, 2.75) is 39.0 Å². The van der Waals surface area contributed by atoms with Crippen molar-refractivity contribution in [2.75, 3.05) is 6.61 Å². The number of nitrogens with zero attached hydrogens (tertiary/aromatic N) is 3. The highest BCUT2D eigenvalue weighted by molar-refractivity contribution is 5.76. The summed E-state index contributed by atoms with van der Waals surface area (Å²) >= 11 is 0. The van der Waals surface area contributed by atoms with E-state index >= 15 is 0 Å². The van der Waals surface area contributed by atoms with Gasteiger partial charge in [0.15, 0.2) is 0 Å². The normalized spacial score (nSPS) is 20.0. The molecule has 8 heteroatoms. The molecule has 2 aromatic heterocycles. The highest BCUT2D eigenvalue weighted by Gasteiger charge is 2.33. The van der Waals surface area contributed by atoms with Gasteiger partial charge < -0.3 is 19.7 Å². The van der Waals surface area contributed by atoms with Crippen LogP contribution < -0.4 is 10.9 Å². The van der Waals surface area contributed by atoms with Gasteiger partial charge in [-0.15, -0.1) is 0 Å². The number of nitrogens with one attached hydrogen (secondary N) is 1. The van der Waals surface area contributed by atoms with Gasteiger partial charge >= 0.3 is 0 Å². The third-order valence-corrected chi connectivity index (χ3v) is 4.42. The summed E-state index contributed by atoms with van der Waals surface area (Å²) < 4.78 is 8.85. The number of rotatable bonds is 4. The fraction of sp³-hybridized carbons (Fsp3) is 0.471. The first kappa shape index (κ1) is 17.2. The summed E-state index contributed by atoms with van der Waals surface area (Å²) in [6.07, 6.45) is 2.36. The van der Waals surface area contributed by atoms with Gasteiger partial charge in [-0.2, -0.15) is 5.10 Å². The second kappa shape index (κ2) is 6.72. The molecule has 1 amide bonds. The lowest BCUT2D eigenvalue weighted by molar-refractivity contribution is -0.122. The molecule has 8 nitrogen and oxygen atoms in total. The first-order valence-electron chi connectivity index (χ1n) is 8.16. The lowest BCUT2D eigenvalue weighted by atomic mass is 10.0. The van der Waals surface area contributed by atoms with Crippen LogP contribution in [0, 0.1) is 13.8 Å². The van der Waals surface area contributed by atoms with Crippen molar-refractivity contribution in [3.8, 4) is 5.75 Å². The molecule has 1 saturated heterocycles. The summed E-state index contributed by atoms with van der Waals surface area (Å²) in [5, 5.41) is 16.7. The molecule has 0 saturated carbocycles. The van der Waals surface area contributed by atoms with Gasteiger partial charge in [0.2, 0.25) is 5.91 Å². The van der Waals surface area contributed by atoms with Crippen LogP contribution in [0.1, 0.15) is 29.5 Å². The Hall–Kier alpha value is -2.61. The molecule has 1 fully saturated rings. The van der Waals surface area contributed by atoms with E-state index in [9.17, 15) is 14.7 Å². The summed E-state index contributed by atoms with van der Waals surface area (Å²) in [7, 11) is 1.85. The summed E-state index contributed by atoms with van der Waals surface area (Å²) in [5.41, 5.74) is 1.96. The van der Waals surface area contributed by atoms with Crippen LogP contribution in [0.15, 0.2) is 23.1 Å². The molecule has 0 bridgehead atoms. The van der Waals surface area contributed by atoms with Crippen LogP contribution in [0.5, 0.6) is 5.75 Å². The third kappa shape index (κ3) is 3.58. The zero-order valence-electron chi connectivity index (χ0n) is 14.5. The zero-order chi connectivity index (χ0) is 18.1. The Morgan fingerprint density at radius 1 is 1.44 bits per heavy atom. The number of amides is 1. The molecule has 3 rings (SSSR count). The van der Waals surface area contributed by atoms with E-state index in [1.807, 2.05) is 20.2 Å². The maximum absolute atomic E-state index is 12.4. The van der Waals surface area contributed by atoms with E-state index in [1.54, 1.807) is 11.6 Å². The number of aromatic hydroxyl groups is 1. The molecule has 0 unspecified atom stereocenters. The first-order valence-corrected chi connectivity index (χ1v) is 8.16. The molecule has 0 spiro atoms. The first-order chi connectivity index (χ1) is 11.8. The van der Waals surface area contributed by atoms with E-state index in [2.05, 4.69) is 10.4 Å². The minimum absolute atomic E-state index is 0.0970. The largest absolute Gasteiger partial charge is 0.508 e. The van der Waals surface area contributed by atoms with E-state index in [0.717, 1.165) is 17.3 Å². The van der Waals surface area contributed by atoms with E-state index in [-0.39, 0.29) is 30.3 Å². The molecule has 2 atom stereocenters. The predicted molar refractivity (Wildman–Crippen MR) is 90.3 cm³/mol. The van der Waals surface area contributed by atoms with Crippen LogP contribution in [0.2, 0.25) is 0 Å². The number of carbonyl (C=O) groups is 1. The number of aromatic nitrogens is 3. The van der Waals surface area contributed by atoms with Crippen molar-refractivity contribution in [3.05, 3.63) is 45.6 Å². The Kier molecular flexibility index (Phi) is 4.63. The standard InChI is InChI=1S/C17H22N4O4/c1-10-6-12(22)7-16(24)21(10)9-15(23)18-14-4-5-25-17(14)13-8-20(3)19-11(13)2/h6-8,14,17,22H,4-5,9H2,1-3H3,(H,18,23)/t14-,17+/m0/s1. The molecule has 1 aliphatic heterocycles. The molecule has 2 N–H and O–H groups in total. The minimum Gasteiger partial charge on any atom is -0.508 e. The van der Waals surface area contributed by atoms with E-state index in [4.69, 9.17) is 4.74 Å². The molecular formula is C17H22N4O4. The van der Waals surface area contributed by atoms with Crippen LogP contribution >= 0.6 is 0 Å². The lowest BCUT2D eigenvalue weighted by Crippen LogP contribution is -2.40. The molecule has 1 aliphatic rings. The van der Waals surface area contributed by atoms with Crippen molar-refractivity contribution < 1.29 is 14.6 Å². The van der Waals surface area contributed by atoms with Gasteiger partial charge in [0.1, 0.15) is 18.4 Å². The molecule has 3 heterocycles. The highest BCUT2D eigenvalue weighted by Crippen LogP contribution is 2.30. The second-order valence-electron chi connectivity index (χ2n) is 6.38. The summed E-state index contributed by atoms with van der Waals surface area (Å²) in [5.74, 6) is -0.367. The Balaban J connectivity index is 1.72. The fourth-order valence-corrected chi connectivity index (χ4v) is 3.25. The van der Waals surface area contributed by atoms with Crippen molar-refractivity contribution >= 4 is 5.91 Å². The number of carbonyl (C=O) groups excluding carboxylic acids is 1. The third-order valence-electron chi connectivity index (χ3n) is 4.42. The van der Waals surface area contributed by atoms with Crippen molar-refractivity contribution in [2.24, 2.45) is 7.05 Å². The average molecular weight is 346 g/mol. The van der Waals surface area contributed by atoms with Crippen LogP contribution in [-0.2, 0) is 23.1 Å². The van der Waals surface area contributed by atoms with Gasteiger partial charge in [0, 0.05) is 37.2 Å². The van der Waals surface area contributed by atoms with E-state index < -0.39 is 5.56 Å². The van der Waals surface area contributed by atoms with Crippen LogP contribution in [0.4, 0.5) is 0 Å². The second-order valence-corrected chi connectivity index (χ2v) is 6.38. The fourth-order valence-electron chi connectivity index (χ4n) is 3.25. The van der Waals surface area contributed by atoms with E-state index in [0.29, 0.717) is 18.7 Å². The monoisotopic (exact) mass is 346 g/mol. The number of ether oxygens (including phenoxy) is 1.